The molecule has 0 spiro atoms. The van der Waals surface area contributed by atoms with Crippen molar-refractivity contribution >= 4 is 28.4 Å². The highest BCUT2D eigenvalue weighted by Gasteiger charge is 2.31. The maximum atomic E-state index is 13.2. The van der Waals surface area contributed by atoms with Gasteiger partial charge >= 0.3 is 6.18 Å². The number of fused-ring (bicyclic) bond motifs is 2. The van der Waals surface area contributed by atoms with Crippen molar-refractivity contribution in [1.29, 1.82) is 0 Å². The summed E-state index contributed by atoms with van der Waals surface area (Å²) in [6.07, 6.45) is -1.79. The maximum absolute atomic E-state index is 13.2. The van der Waals surface area contributed by atoms with Crippen LogP contribution in [0.25, 0.3) is 22.5 Å². The zero-order chi connectivity index (χ0) is 20.2. The number of aryl methyl sites for hydroxylation is 2. The van der Waals surface area contributed by atoms with Crippen LogP contribution in [0.15, 0.2) is 40.4 Å². The quantitative estimate of drug-likeness (QED) is 0.485. The third-order valence-corrected chi connectivity index (χ3v) is 5.34. The Balaban J connectivity index is 2.05. The van der Waals surface area contributed by atoms with Crippen molar-refractivity contribution in [3.8, 4) is 5.82 Å². The van der Waals surface area contributed by atoms with E-state index < -0.39 is 11.7 Å². The third kappa shape index (κ3) is 2.79. The average Bonchev–Trinajstić information content (AvgIpc) is 3.09. The summed E-state index contributed by atoms with van der Waals surface area (Å²) in [5.74, 6) is 0.891. The second-order valence-electron chi connectivity index (χ2n) is 6.34. The monoisotopic (exact) mass is 407 g/mol. The number of thioether (sulfide) groups is 1. The molecule has 4 rings (SSSR count). The zero-order valence-electron chi connectivity index (χ0n) is 15.3. The molecule has 0 N–H and O–H groups in total. The van der Waals surface area contributed by atoms with Crippen LogP contribution in [0.3, 0.4) is 0 Å². The smallest absolute Gasteiger partial charge is 0.292 e. The van der Waals surface area contributed by atoms with E-state index in [1.54, 1.807) is 24.0 Å². The molecule has 0 unspecified atom stereocenters. The number of halogens is 3. The van der Waals surface area contributed by atoms with E-state index in [0.717, 1.165) is 17.8 Å². The van der Waals surface area contributed by atoms with Crippen molar-refractivity contribution in [3.05, 3.63) is 52.1 Å². The van der Waals surface area contributed by atoms with Crippen LogP contribution < -0.4 is 5.56 Å². The molecule has 0 aliphatic rings. The van der Waals surface area contributed by atoms with Crippen molar-refractivity contribution in [1.82, 2.24) is 23.7 Å². The minimum atomic E-state index is -4.47. The van der Waals surface area contributed by atoms with Crippen molar-refractivity contribution < 1.29 is 13.2 Å². The van der Waals surface area contributed by atoms with Gasteiger partial charge in [-0.3, -0.25) is 13.9 Å². The first-order valence-electron chi connectivity index (χ1n) is 8.49. The fourth-order valence-electron chi connectivity index (χ4n) is 3.15. The Labute approximate surface area is 161 Å². The summed E-state index contributed by atoms with van der Waals surface area (Å²) in [6, 6.07) is 4.04. The molecule has 4 heterocycles. The highest BCUT2D eigenvalue weighted by atomic mass is 32.2. The molecule has 0 amide bonds. The van der Waals surface area contributed by atoms with Gasteiger partial charge in [0, 0.05) is 19.4 Å². The second-order valence-corrected chi connectivity index (χ2v) is 7.59. The summed E-state index contributed by atoms with van der Waals surface area (Å²) in [6.45, 7) is 3.72. The average molecular weight is 407 g/mol. The van der Waals surface area contributed by atoms with Gasteiger partial charge in [-0.1, -0.05) is 6.92 Å². The SMILES string of the molecule is CCSc1c(-n2c(=O)c3cc(C)cnc3n2C)nc2ccc(C(F)(F)F)cn12. The van der Waals surface area contributed by atoms with Gasteiger partial charge in [0.15, 0.2) is 11.5 Å². The normalized spacial score (nSPS) is 12.4. The van der Waals surface area contributed by atoms with Crippen LogP contribution in [0.4, 0.5) is 13.2 Å². The molecule has 0 aromatic carbocycles. The molecule has 0 fully saturated rings. The molecule has 0 atom stereocenters. The van der Waals surface area contributed by atoms with E-state index in [0.29, 0.717) is 27.5 Å². The number of hydrogen-bond acceptors (Lipinski definition) is 4. The van der Waals surface area contributed by atoms with Gasteiger partial charge < -0.3 is 0 Å². The molecule has 10 heteroatoms. The molecule has 4 aromatic heterocycles. The van der Waals surface area contributed by atoms with Crippen molar-refractivity contribution in [2.24, 2.45) is 7.05 Å². The van der Waals surface area contributed by atoms with Gasteiger partial charge in [-0.25, -0.2) is 9.97 Å². The van der Waals surface area contributed by atoms with Gasteiger partial charge in [0.25, 0.3) is 5.56 Å². The topological polar surface area (TPSA) is 57.1 Å². The second kappa shape index (κ2) is 6.40. The minimum Gasteiger partial charge on any atom is -0.292 e. The lowest BCUT2D eigenvalue weighted by molar-refractivity contribution is -0.137. The van der Waals surface area contributed by atoms with Crippen LogP contribution in [0.1, 0.15) is 18.1 Å². The van der Waals surface area contributed by atoms with E-state index in [-0.39, 0.29) is 11.4 Å². The molecule has 0 radical (unpaired) electrons. The number of rotatable bonds is 3. The molecule has 28 heavy (non-hydrogen) atoms. The first kappa shape index (κ1) is 18.6. The Bertz CT molecular complexity index is 1270. The fraction of sp³-hybridized carbons (Fsp3) is 0.278. The van der Waals surface area contributed by atoms with E-state index >= 15 is 0 Å². The summed E-state index contributed by atoms with van der Waals surface area (Å²) in [7, 11) is 1.68. The molecule has 4 aromatic rings. The molecule has 0 saturated carbocycles. The van der Waals surface area contributed by atoms with E-state index in [2.05, 4.69) is 9.97 Å². The molecule has 0 saturated heterocycles. The lowest BCUT2D eigenvalue weighted by Crippen LogP contribution is -2.20. The van der Waals surface area contributed by atoms with Crippen LogP contribution in [0.2, 0.25) is 0 Å². The Morgan fingerprint density at radius 3 is 2.68 bits per heavy atom. The number of aromatic nitrogens is 5. The lowest BCUT2D eigenvalue weighted by Gasteiger charge is -2.09. The number of alkyl halides is 3. The third-order valence-electron chi connectivity index (χ3n) is 4.40. The first-order chi connectivity index (χ1) is 13.2. The Hall–Kier alpha value is -2.75. The molecule has 0 aliphatic carbocycles. The van der Waals surface area contributed by atoms with Crippen LogP contribution in [-0.2, 0) is 13.2 Å². The van der Waals surface area contributed by atoms with Gasteiger partial charge in [-0.05, 0) is 36.4 Å². The van der Waals surface area contributed by atoms with Gasteiger partial charge in [0.1, 0.15) is 10.7 Å². The van der Waals surface area contributed by atoms with E-state index in [1.165, 1.54) is 26.9 Å². The van der Waals surface area contributed by atoms with Gasteiger partial charge in [0.2, 0.25) is 0 Å². The van der Waals surface area contributed by atoms with Crippen molar-refractivity contribution in [3.63, 3.8) is 0 Å². The van der Waals surface area contributed by atoms with E-state index in [4.69, 9.17) is 0 Å². The lowest BCUT2D eigenvalue weighted by atomic mass is 10.2. The van der Waals surface area contributed by atoms with Gasteiger partial charge in [-0.2, -0.15) is 17.9 Å². The van der Waals surface area contributed by atoms with Crippen LogP contribution >= 0.6 is 11.8 Å². The predicted octanol–water partition coefficient (Wildman–Crippen LogP) is 3.81. The molecule has 6 nitrogen and oxygen atoms in total. The van der Waals surface area contributed by atoms with E-state index in [9.17, 15) is 18.0 Å². The zero-order valence-corrected chi connectivity index (χ0v) is 16.1. The molecular weight excluding hydrogens is 391 g/mol. The predicted molar refractivity (Wildman–Crippen MR) is 101 cm³/mol. The molecule has 146 valence electrons. The highest BCUT2D eigenvalue weighted by Crippen LogP contribution is 2.32. The summed E-state index contributed by atoms with van der Waals surface area (Å²) < 4.78 is 43.8. The summed E-state index contributed by atoms with van der Waals surface area (Å²) in [5, 5.41) is 0.899. The number of pyridine rings is 2. The molecule has 0 bridgehead atoms. The summed E-state index contributed by atoms with van der Waals surface area (Å²) >= 11 is 1.32. The maximum Gasteiger partial charge on any atom is 0.417 e. The Kier molecular flexibility index (Phi) is 4.25. The largest absolute Gasteiger partial charge is 0.417 e. The minimum absolute atomic E-state index is 0.286. The Morgan fingerprint density at radius 1 is 1.25 bits per heavy atom. The summed E-state index contributed by atoms with van der Waals surface area (Å²) in [4.78, 5) is 21.8. The van der Waals surface area contributed by atoms with Crippen LogP contribution in [-0.4, -0.2) is 29.5 Å². The highest BCUT2D eigenvalue weighted by molar-refractivity contribution is 7.99. The van der Waals surface area contributed by atoms with Crippen molar-refractivity contribution in [2.45, 2.75) is 25.0 Å². The van der Waals surface area contributed by atoms with Crippen molar-refractivity contribution in [2.75, 3.05) is 5.75 Å². The number of hydrogen-bond donors (Lipinski definition) is 0. The fourth-order valence-corrected chi connectivity index (χ4v) is 3.97. The van der Waals surface area contributed by atoms with E-state index in [1.807, 2.05) is 13.8 Å². The van der Waals surface area contributed by atoms with Gasteiger partial charge in [-0.15, -0.1) is 11.8 Å². The van der Waals surface area contributed by atoms with Crippen LogP contribution in [0, 0.1) is 6.92 Å². The summed E-state index contributed by atoms with van der Waals surface area (Å²) in [5.41, 5.74) is 0.571. The standard InChI is InChI=1S/C18H16F3N5OS/c1-4-28-17-15(23-13-6-5-11(9-25(13)17)18(19,20)21)26-16(27)12-7-10(2)8-22-14(12)24(26)3/h5-9H,4H2,1-3H3. The van der Waals surface area contributed by atoms with Gasteiger partial charge in [0.05, 0.1) is 10.9 Å². The number of nitrogens with zero attached hydrogens (tertiary/aromatic N) is 5. The molecule has 0 aliphatic heterocycles. The Morgan fingerprint density at radius 2 is 2.00 bits per heavy atom. The first-order valence-corrected chi connectivity index (χ1v) is 9.47. The van der Waals surface area contributed by atoms with Crippen LogP contribution in [0.5, 0.6) is 0 Å². The molecular formula is C18H16F3N5OS. The number of imidazole rings is 1.